The lowest BCUT2D eigenvalue weighted by molar-refractivity contribution is 0.294. The Balaban J connectivity index is 1.90. The number of hydrogen-bond donors (Lipinski definition) is 1. The number of benzene rings is 1. The molecule has 1 heterocycles. The van der Waals surface area contributed by atoms with Crippen LogP contribution in [0.4, 0.5) is 14.6 Å². The van der Waals surface area contributed by atoms with Gasteiger partial charge >= 0.3 is 0 Å². The van der Waals surface area contributed by atoms with Gasteiger partial charge in [0.1, 0.15) is 18.2 Å². The Bertz CT molecular complexity index is 699. The van der Waals surface area contributed by atoms with E-state index in [0.717, 1.165) is 25.5 Å². The van der Waals surface area contributed by atoms with Crippen LogP contribution >= 0.6 is 12.2 Å². The van der Waals surface area contributed by atoms with E-state index in [0.29, 0.717) is 12.4 Å². The summed E-state index contributed by atoms with van der Waals surface area (Å²) in [4.78, 5) is 7.88. The van der Waals surface area contributed by atoms with Crippen molar-refractivity contribution in [3.8, 4) is 5.75 Å². The highest BCUT2D eigenvalue weighted by Gasteiger charge is 2.10. The van der Waals surface area contributed by atoms with Gasteiger partial charge in [0.25, 0.3) is 5.17 Å². The molecule has 0 aliphatic carbocycles. The Labute approximate surface area is 150 Å². The normalized spacial score (nSPS) is 10.4. The molecule has 2 aromatic rings. The Morgan fingerprint density at radius 2 is 1.96 bits per heavy atom. The van der Waals surface area contributed by atoms with Crippen LogP contribution in [0.5, 0.6) is 5.75 Å². The molecule has 8 heteroatoms. The summed E-state index contributed by atoms with van der Waals surface area (Å²) in [5, 5.41) is 2.67. The number of thiocarbonyl (C=S) groups is 1. The van der Waals surface area contributed by atoms with Crippen molar-refractivity contribution < 1.29 is 18.3 Å². The van der Waals surface area contributed by atoms with Crippen LogP contribution in [0.1, 0.15) is 32.0 Å². The largest absolute Gasteiger partial charge is 0.486 e. The number of nitrogens with one attached hydrogen (secondary N) is 1. The fourth-order valence-corrected chi connectivity index (χ4v) is 2.07. The third-order valence-electron chi connectivity index (χ3n) is 3.18. The van der Waals surface area contributed by atoms with Crippen molar-refractivity contribution in [3.05, 3.63) is 47.9 Å². The second kappa shape index (κ2) is 9.83. The lowest BCUT2D eigenvalue weighted by Gasteiger charge is -2.11. The molecule has 0 saturated carbocycles. The zero-order chi connectivity index (χ0) is 18.1. The SMILES string of the molecule is CCCCCOC(=S)Nc1nc(COc2ccc(F)cc2)ncc1F. The van der Waals surface area contributed by atoms with Gasteiger partial charge in [0.2, 0.25) is 0 Å². The first-order chi connectivity index (χ1) is 12.1. The van der Waals surface area contributed by atoms with E-state index in [1.807, 2.05) is 0 Å². The van der Waals surface area contributed by atoms with Crippen LogP contribution < -0.4 is 10.1 Å². The van der Waals surface area contributed by atoms with Gasteiger partial charge in [-0.15, -0.1) is 0 Å². The van der Waals surface area contributed by atoms with E-state index < -0.39 is 5.82 Å². The van der Waals surface area contributed by atoms with E-state index in [1.165, 1.54) is 24.3 Å². The predicted octanol–water partition coefficient (Wildman–Crippen LogP) is 4.24. The Morgan fingerprint density at radius 1 is 1.20 bits per heavy atom. The number of rotatable bonds is 8. The van der Waals surface area contributed by atoms with Gasteiger partial charge in [-0.2, -0.15) is 0 Å². The Kier molecular flexibility index (Phi) is 7.46. The van der Waals surface area contributed by atoms with Crippen molar-refractivity contribution in [3.63, 3.8) is 0 Å². The topological polar surface area (TPSA) is 56.3 Å². The molecule has 0 atom stereocenters. The standard InChI is InChI=1S/C17H19F2N3O2S/c1-2-3-4-9-23-17(25)22-16-14(19)10-20-15(21-16)11-24-13-7-5-12(18)6-8-13/h5-8,10H,2-4,9,11H2,1H3,(H,20,21,22,25). The first kappa shape index (κ1) is 19.0. The molecular weight excluding hydrogens is 348 g/mol. The van der Waals surface area contributed by atoms with Gasteiger partial charge in [-0.05, 0) is 42.9 Å². The molecule has 0 fully saturated rings. The lowest BCUT2D eigenvalue weighted by Crippen LogP contribution is -2.17. The van der Waals surface area contributed by atoms with Crippen molar-refractivity contribution in [2.75, 3.05) is 11.9 Å². The number of nitrogens with zero attached hydrogens (tertiary/aromatic N) is 2. The van der Waals surface area contributed by atoms with Crippen molar-refractivity contribution in [2.24, 2.45) is 0 Å². The zero-order valence-corrected chi connectivity index (χ0v) is 14.6. The Morgan fingerprint density at radius 3 is 2.68 bits per heavy atom. The minimum absolute atomic E-state index is 0.00467. The van der Waals surface area contributed by atoms with Gasteiger partial charge in [0.15, 0.2) is 17.5 Å². The van der Waals surface area contributed by atoms with E-state index in [-0.39, 0.29) is 29.2 Å². The highest BCUT2D eigenvalue weighted by Crippen LogP contribution is 2.14. The van der Waals surface area contributed by atoms with Crippen LogP contribution in [0.3, 0.4) is 0 Å². The third kappa shape index (κ3) is 6.58. The van der Waals surface area contributed by atoms with Crippen LogP contribution in [0, 0.1) is 11.6 Å². The fourth-order valence-electron chi connectivity index (χ4n) is 1.89. The summed E-state index contributed by atoms with van der Waals surface area (Å²) in [6.45, 7) is 2.56. The van der Waals surface area contributed by atoms with Gasteiger partial charge in [-0.3, -0.25) is 5.32 Å². The molecule has 0 amide bonds. The molecule has 134 valence electrons. The molecule has 1 aromatic heterocycles. The average Bonchev–Trinajstić information content (AvgIpc) is 2.61. The van der Waals surface area contributed by atoms with E-state index in [1.54, 1.807) is 0 Å². The van der Waals surface area contributed by atoms with Gasteiger partial charge in [0.05, 0.1) is 12.8 Å². The van der Waals surface area contributed by atoms with Crippen LogP contribution in [0.15, 0.2) is 30.5 Å². The molecule has 0 unspecified atom stereocenters. The molecule has 0 bridgehead atoms. The zero-order valence-electron chi connectivity index (χ0n) is 13.8. The average molecular weight is 367 g/mol. The van der Waals surface area contributed by atoms with E-state index in [2.05, 4.69) is 22.2 Å². The molecule has 25 heavy (non-hydrogen) atoms. The second-order valence-electron chi connectivity index (χ2n) is 5.19. The third-order valence-corrected chi connectivity index (χ3v) is 3.40. The number of aromatic nitrogens is 2. The summed E-state index contributed by atoms with van der Waals surface area (Å²) in [5.41, 5.74) is 0. The molecule has 2 rings (SSSR count). The quantitative estimate of drug-likeness (QED) is 0.556. The maximum atomic E-state index is 13.8. The first-order valence-electron chi connectivity index (χ1n) is 7.92. The minimum atomic E-state index is -0.648. The van der Waals surface area contributed by atoms with E-state index in [4.69, 9.17) is 21.7 Å². The van der Waals surface area contributed by atoms with Gasteiger partial charge < -0.3 is 9.47 Å². The first-order valence-corrected chi connectivity index (χ1v) is 8.33. The molecular formula is C17H19F2N3O2S. The lowest BCUT2D eigenvalue weighted by atomic mass is 10.3. The number of anilines is 1. The van der Waals surface area contributed by atoms with Crippen LogP contribution in [0.25, 0.3) is 0 Å². The maximum Gasteiger partial charge on any atom is 0.262 e. The summed E-state index contributed by atoms with van der Waals surface area (Å²) in [6.07, 6.45) is 4.01. The minimum Gasteiger partial charge on any atom is -0.486 e. The predicted molar refractivity (Wildman–Crippen MR) is 94.4 cm³/mol. The number of unbranched alkanes of at least 4 members (excludes halogenated alkanes) is 2. The maximum absolute atomic E-state index is 13.8. The summed E-state index contributed by atoms with van der Waals surface area (Å²) in [5.74, 6) is -0.372. The molecule has 0 saturated heterocycles. The smallest absolute Gasteiger partial charge is 0.262 e. The molecule has 5 nitrogen and oxygen atoms in total. The molecule has 0 aliphatic heterocycles. The summed E-state index contributed by atoms with van der Waals surface area (Å²) in [6, 6.07) is 5.53. The van der Waals surface area contributed by atoms with Gasteiger partial charge in [0, 0.05) is 0 Å². The highest BCUT2D eigenvalue weighted by molar-refractivity contribution is 7.80. The molecule has 0 spiro atoms. The van der Waals surface area contributed by atoms with Gasteiger partial charge in [-0.25, -0.2) is 18.7 Å². The van der Waals surface area contributed by atoms with Crippen LogP contribution in [0.2, 0.25) is 0 Å². The van der Waals surface area contributed by atoms with Crippen molar-refractivity contribution in [1.29, 1.82) is 0 Å². The van der Waals surface area contributed by atoms with Crippen molar-refractivity contribution in [1.82, 2.24) is 9.97 Å². The summed E-state index contributed by atoms with van der Waals surface area (Å²) < 4.78 is 37.4. The molecule has 1 N–H and O–H groups in total. The molecule has 0 radical (unpaired) electrons. The molecule has 1 aromatic carbocycles. The van der Waals surface area contributed by atoms with Crippen LogP contribution in [-0.2, 0) is 11.3 Å². The Hall–Kier alpha value is -2.35. The summed E-state index contributed by atoms with van der Waals surface area (Å²) >= 11 is 5.01. The fraction of sp³-hybridized carbons (Fsp3) is 0.353. The van der Waals surface area contributed by atoms with Crippen LogP contribution in [-0.4, -0.2) is 21.7 Å². The number of halogens is 2. The number of ether oxygens (including phenoxy) is 2. The van der Waals surface area contributed by atoms with E-state index >= 15 is 0 Å². The molecule has 0 aliphatic rings. The van der Waals surface area contributed by atoms with Crippen molar-refractivity contribution in [2.45, 2.75) is 32.8 Å². The van der Waals surface area contributed by atoms with Gasteiger partial charge in [-0.1, -0.05) is 19.8 Å². The van der Waals surface area contributed by atoms with Crippen molar-refractivity contribution >= 4 is 23.2 Å². The second-order valence-corrected chi connectivity index (χ2v) is 5.56. The number of hydrogen-bond acceptors (Lipinski definition) is 5. The monoisotopic (exact) mass is 367 g/mol. The highest BCUT2D eigenvalue weighted by atomic mass is 32.1. The summed E-state index contributed by atoms with van der Waals surface area (Å²) in [7, 11) is 0. The van der Waals surface area contributed by atoms with E-state index in [9.17, 15) is 8.78 Å².